The zero-order valence-electron chi connectivity index (χ0n) is 18.0. The van der Waals surface area contributed by atoms with Crippen molar-refractivity contribution in [3.05, 3.63) is 70.5 Å². The molecule has 5 rings (SSSR count). The predicted molar refractivity (Wildman–Crippen MR) is 124 cm³/mol. The zero-order chi connectivity index (χ0) is 22.1. The van der Waals surface area contributed by atoms with Crippen LogP contribution < -0.4 is 0 Å². The minimum atomic E-state index is -0.00490. The van der Waals surface area contributed by atoms with Crippen molar-refractivity contribution in [2.24, 2.45) is 0 Å². The number of aromatic nitrogens is 2. The highest BCUT2D eigenvalue weighted by molar-refractivity contribution is 6.33. The number of nitrogens with zero attached hydrogens (tertiary/aromatic N) is 4. The van der Waals surface area contributed by atoms with E-state index < -0.39 is 0 Å². The molecule has 4 heterocycles. The lowest BCUT2D eigenvalue weighted by molar-refractivity contribution is 0.0709. The van der Waals surface area contributed by atoms with Crippen LogP contribution in [0.4, 0.5) is 0 Å². The van der Waals surface area contributed by atoms with Crippen LogP contribution in [0.25, 0.3) is 5.52 Å². The molecule has 0 N–H and O–H groups in total. The van der Waals surface area contributed by atoms with Gasteiger partial charge in [0.25, 0.3) is 11.8 Å². The third-order valence-electron chi connectivity index (χ3n) is 6.78. The van der Waals surface area contributed by atoms with Crippen LogP contribution in [-0.4, -0.2) is 57.4 Å². The Balaban J connectivity index is 1.31. The van der Waals surface area contributed by atoms with Crippen LogP contribution in [0.3, 0.4) is 0 Å². The van der Waals surface area contributed by atoms with Gasteiger partial charge < -0.3 is 9.80 Å². The second-order valence-corrected chi connectivity index (χ2v) is 9.15. The maximum Gasteiger partial charge on any atom is 0.257 e. The first-order valence-corrected chi connectivity index (χ1v) is 11.8. The molecule has 0 aliphatic carbocycles. The maximum absolute atomic E-state index is 13.1. The van der Waals surface area contributed by atoms with Gasteiger partial charge >= 0.3 is 0 Å². The van der Waals surface area contributed by atoms with Crippen LogP contribution in [0.2, 0.25) is 5.02 Å². The molecule has 2 aliphatic heterocycles. The van der Waals surface area contributed by atoms with Crippen molar-refractivity contribution >= 4 is 28.9 Å². The molecular weight excluding hydrogens is 424 g/mol. The van der Waals surface area contributed by atoms with E-state index in [4.69, 9.17) is 11.6 Å². The molecule has 6 nitrogen and oxygen atoms in total. The average molecular weight is 451 g/mol. The first-order chi connectivity index (χ1) is 15.6. The summed E-state index contributed by atoms with van der Waals surface area (Å²) in [6.07, 6.45) is 8.75. The Morgan fingerprint density at radius 1 is 0.875 bits per heavy atom. The molecule has 0 radical (unpaired) electrons. The van der Waals surface area contributed by atoms with E-state index in [1.807, 2.05) is 28.1 Å². The quantitative estimate of drug-likeness (QED) is 0.584. The number of hydrogen-bond acceptors (Lipinski definition) is 3. The second kappa shape index (κ2) is 8.94. The molecular formula is C25H27ClN4O2. The minimum absolute atomic E-state index is 0.00490. The van der Waals surface area contributed by atoms with E-state index in [1.54, 1.807) is 22.8 Å². The zero-order valence-corrected chi connectivity index (χ0v) is 18.8. The summed E-state index contributed by atoms with van der Waals surface area (Å²) in [5.41, 5.74) is 3.32. The second-order valence-electron chi connectivity index (χ2n) is 8.75. The van der Waals surface area contributed by atoms with Gasteiger partial charge in [0.2, 0.25) is 0 Å². The highest BCUT2D eigenvalue weighted by Gasteiger charge is 2.27. The van der Waals surface area contributed by atoms with Crippen LogP contribution in [0.5, 0.6) is 0 Å². The molecule has 0 bridgehead atoms. The third kappa shape index (κ3) is 3.99. The summed E-state index contributed by atoms with van der Waals surface area (Å²) in [6.45, 7) is 3.04. The van der Waals surface area contributed by atoms with E-state index in [9.17, 15) is 9.59 Å². The van der Waals surface area contributed by atoms with E-state index in [2.05, 4.69) is 17.2 Å². The van der Waals surface area contributed by atoms with Crippen molar-refractivity contribution in [1.82, 2.24) is 19.4 Å². The summed E-state index contributed by atoms with van der Waals surface area (Å²) in [6, 6.07) is 11.4. The summed E-state index contributed by atoms with van der Waals surface area (Å²) in [5.74, 6) is 0.426. The third-order valence-corrected chi connectivity index (χ3v) is 7.11. The highest BCUT2D eigenvalue weighted by atomic mass is 35.5. The molecule has 2 amide bonds. The largest absolute Gasteiger partial charge is 0.339 e. The maximum atomic E-state index is 13.1. The van der Waals surface area contributed by atoms with Crippen LogP contribution in [0.15, 0.2) is 48.8 Å². The number of piperidine rings is 2. The lowest BCUT2D eigenvalue weighted by Crippen LogP contribution is -2.38. The van der Waals surface area contributed by atoms with E-state index in [-0.39, 0.29) is 11.8 Å². The first-order valence-electron chi connectivity index (χ1n) is 11.4. The van der Waals surface area contributed by atoms with Gasteiger partial charge in [-0.25, -0.2) is 4.52 Å². The molecule has 3 aromatic rings. The first kappa shape index (κ1) is 21.0. The minimum Gasteiger partial charge on any atom is -0.339 e. The van der Waals surface area contributed by atoms with Gasteiger partial charge in [0.15, 0.2) is 0 Å². The highest BCUT2D eigenvalue weighted by Crippen LogP contribution is 2.31. The number of benzene rings is 1. The standard InChI is InChI=1S/C25H27ClN4O2/c26-22-7-3-2-6-20(22)24(31)29-13-8-18(9-14-29)19-10-15-30-23(16-19)21(17-27-30)25(32)28-11-4-1-5-12-28/h2-3,6-7,10,15-18H,1,4-5,8-9,11-14H2. The molecule has 166 valence electrons. The van der Waals surface area contributed by atoms with E-state index in [0.29, 0.717) is 35.2 Å². The SMILES string of the molecule is O=C(c1ccccc1Cl)N1CCC(c2ccn3ncc(C(=O)N4CCCCC4)c3c2)CC1. The number of amides is 2. The summed E-state index contributed by atoms with van der Waals surface area (Å²) in [5, 5.41) is 4.90. The van der Waals surface area contributed by atoms with E-state index in [1.165, 1.54) is 12.0 Å². The summed E-state index contributed by atoms with van der Waals surface area (Å²) in [7, 11) is 0. The molecule has 32 heavy (non-hydrogen) atoms. The Morgan fingerprint density at radius 3 is 2.31 bits per heavy atom. The molecule has 7 heteroatoms. The topological polar surface area (TPSA) is 57.9 Å². The fourth-order valence-electron chi connectivity index (χ4n) is 4.90. The number of rotatable bonds is 3. The fraction of sp³-hybridized carbons (Fsp3) is 0.400. The fourth-order valence-corrected chi connectivity index (χ4v) is 5.12. The smallest absolute Gasteiger partial charge is 0.257 e. The number of likely N-dealkylation sites (tertiary alicyclic amines) is 2. The number of carbonyl (C=O) groups excluding carboxylic acids is 2. The Labute approximate surface area is 192 Å². The Bertz CT molecular complexity index is 1140. The normalized spacial score (nSPS) is 17.7. The predicted octanol–water partition coefficient (Wildman–Crippen LogP) is 4.63. The van der Waals surface area contributed by atoms with Crippen LogP contribution in [0, 0.1) is 0 Å². The lowest BCUT2D eigenvalue weighted by atomic mass is 9.89. The van der Waals surface area contributed by atoms with Crippen molar-refractivity contribution in [3.8, 4) is 0 Å². The molecule has 2 aliphatic rings. The molecule has 0 atom stereocenters. The van der Waals surface area contributed by atoms with Gasteiger partial charge in [-0.3, -0.25) is 9.59 Å². The summed E-state index contributed by atoms with van der Waals surface area (Å²) < 4.78 is 1.79. The van der Waals surface area contributed by atoms with Crippen molar-refractivity contribution < 1.29 is 9.59 Å². The van der Waals surface area contributed by atoms with Crippen molar-refractivity contribution in [1.29, 1.82) is 0 Å². The van der Waals surface area contributed by atoms with Crippen LogP contribution in [-0.2, 0) is 0 Å². The van der Waals surface area contributed by atoms with Crippen molar-refractivity contribution in [2.75, 3.05) is 26.2 Å². The van der Waals surface area contributed by atoms with E-state index >= 15 is 0 Å². The molecule has 0 spiro atoms. The lowest BCUT2D eigenvalue weighted by Gasteiger charge is -2.32. The Kier molecular flexibility index (Phi) is 5.87. The number of halogens is 1. The Morgan fingerprint density at radius 2 is 1.56 bits per heavy atom. The molecule has 0 saturated carbocycles. The van der Waals surface area contributed by atoms with Crippen LogP contribution >= 0.6 is 11.6 Å². The van der Waals surface area contributed by atoms with Gasteiger partial charge in [0, 0.05) is 32.4 Å². The van der Waals surface area contributed by atoms with E-state index in [0.717, 1.165) is 44.3 Å². The monoisotopic (exact) mass is 450 g/mol. The molecule has 2 aromatic heterocycles. The van der Waals surface area contributed by atoms with Gasteiger partial charge in [-0.1, -0.05) is 23.7 Å². The van der Waals surface area contributed by atoms with Gasteiger partial charge in [-0.15, -0.1) is 0 Å². The number of hydrogen-bond donors (Lipinski definition) is 0. The average Bonchev–Trinajstić information content (AvgIpc) is 3.27. The van der Waals surface area contributed by atoms with Gasteiger partial charge in [-0.05, 0) is 67.9 Å². The van der Waals surface area contributed by atoms with Gasteiger partial charge in [-0.2, -0.15) is 5.10 Å². The summed E-state index contributed by atoms with van der Waals surface area (Å²) >= 11 is 6.22. The van der Waals surface area contributed by atoms with Crippen molar-refractivity contribution in [3.63, 3.8) is 0 Å². The number of pyridine rings is 1. The summed E-state index contributed by atoms with van der Waals surface area (Å²) in [4.78, 5) is 29.8. The molecule has 1 aromatic carbocycles. The molecule has 0 unspecified atom stereocenters. The van der Waals surface area contributed by atoms with Crippen LogP contribution in [0.1, 0.15) is 64.3 Å². The van der Waals surface area contributed by atoms with Crippen molar-refractivity contribution in [2.45, 2.75) is 38.0 Å². The Hall–Kier alpha value is -2.86. The number of carbonyl (C=O) groups is 2. The molecule has 2 fully saturated rings. The van der Waals surface area contributed by atoms with Gasteiger partial charge in [0.05, 0.1) is 27.9 Å². The van der Waals surface area contributed by atoms with Gasteiger partial charge in [0.1, 0.15) is 0 Å². The number of fused-ring (bicyclic) bond motifs is 1. The molecule has 2 saturated heterocycles.